The molecule has 0 fully saturated rings. The molecule has 0 amide bonds. The van der Waals surface area contributed by atoms with Crippen LogP contribution in [0.1, 0.15) is 0 Å². The molecule has 14 heavy (non-hydrogen) atoms. The van der Waals surface area contributed by atoms with E-state index in [1.54, 1.807) is 6.08 Å². The minimum atomic E-state index is 1.23. The summed E-state index contributed by atoms with van der Waals surface area (Å²) in [5.41, 5.74) is 3.84. The fraction of sp³-hybridized carbons (Fsp3) is 0. The average Bonchev–Trinajstić information content (AvgIpc) is 2.99. The normalized spacial score (nSPS) is 15.7. The van der Waals surface area contributed by atoms with Gasteiger partial charge in [-0.05, 0) is 28.9 Å². The second kappa shape index (κ2) is 3.93. The quantitative estimate of drug-likeness (QED) is 0.579. The Kier molecular flexibility index (Phi) is 2.46. The van der Waals surface area contributed by atoms with Crippen LogP contribution in [0.25, 0.3) is 0 Å². The maximum Gasteiger partial charge on any atom is -0.0245 e. The molecule has 2 rings (SSSR count). The molecule has 0 aromatic carbocycles. The third kappa shape index (κ3) is 2.91. The molecule has 2 aliphatic carbocycles. The summed E-state index contributed by atoms with van der Waals surface area (Å²) >= 11 is 0. The zero-order valence-electron chi connectivity index (χ0n) is 7.98. The predicted octanol–water partition coefficient (Wildman–Crippen LogP) is 3.65. The molecule has 68 valence electrons. The standard InChI is InChI=1S/C14H12/c1-2-3-4-5-14(10-12-6-7-12)11-13-8-9-13/h2-11H,1H2/b4-3+. The van der Waals surface area contributed by atoms with E-state index in [0.29, 0.717) is 0 Å². The Balaban J connectivity index is 2.08. The van der Waals surface area contributed by atoms with Crippen molar-refractivity contribution >= 4 is 0 Å². The molecule has 0 N–H and O–H groups in total. The Labute approximate surface area is 84.6 Å². The van der Waals surface area contributed by atoms with E-state index in [1.807, 2.05) is 12.2 Å². The Hall–Kier alpha value is -1.82. The van der Waals surface area contributed by atoms with Crippen LogP contribution >= 0.6 is 0 Å². The van der Waals surface area contributed by atoms with E-state index in [1.165, 1.54) is 16.7 Å². The van der Waals surface area contributed by atoms with Gasteiger partial charge in [0.25, 0.3) is 0 Å². The fourth-order valence-corrected chi connectivity index (χ4v) is 1.06. The lowest BCUT2D eigenvalue weighted by Gasteiger charge is -1.90. The first-order chi connectivity index (χ1) is 6.88. The molecule has 0 aromatic rings. The number of rotatable bonds is 4. The van der Waals surface area contributed by atoms with E-state index in [-0.39, 0.29) is 0 Å². The molecular weight excluding hydrogens is 168 g/mol. The highest BCUT2D eigenvalue weighted by Gasteiger charge is 2.02. The largest absolute Gasteiger partial charge is 0.0991 e. The van der Waals surface area contributed by atoms with Crippen LogP contribution in [0.4, 0.5) is 0 Å². The van der Waals surface area contributed by atoms with Crippen molar-refractivity contribution in [3.8, 4) is 0 Å². The minimum Gasteiger partial charge on any atom is -0.0991 e. The molecule has 0 radical (unpaired) electrons. The van der Waals surface area contributed by atoms with Crippen LogP contribution in [0.3, 0.4) is 0 Å². The van der Waals surface area contributed by atoms with Gasteiger partial charge in [-0.1, -0.05) is 55.2 Å². The lowest BCUT2D eigenvalue weighted by atomic mass is 10.2. The van der Waals surface area contributed by atoms with Crippen LogP contribution in [0.15, 0.2) is 84.1 Å². The zero-order valence-corrected chi connectivity index (χ0v) is 7.98. The molecule has 2 aliphatic rings. The van der Waals surface area contributed by atoms with Gasteiger partial charge in [0.2, 0.25) is 0 Å². The van der Waals surface area contributed by atoms with Crippen molar-refractivity contribution in [3.63, 3.8) is 0 Å². The van der Waals surface area contributed by atoms with Gasteiger partial charge in [-0.15, -0.1) is 0 Å². The molecule has 0 bridgehead atoms. The van der Waals surface area contributed by atoms with Gasteiger partial charge in [-0.3, -0.25) is 0 Å². The Morgan fingerprint density at radius 1 is 0.929 bits per heavy atom. The Morgan fingerprint density at radius 3 is 1.93 bits per heavy atom. The molecule has 0 saturated carbocycles. The van der Waals surface area contributed by atoms with Gasteiger partial charge < -0.3 is 0 Å². The minimum absolute atomic E-state index is 1.23. The van der Waals surface area contributed by atoms with Crippen LogP contribution in [-0.2, 0) is 0 Å². The molecule has 0 aliphatic heterocycles. The van der Waals surface area contributed by atoms with Crippen molar-refractivity contribution in [2.45, 2.75) is 0 Å². The summed E-state index contributed by atoms with van der Waals surface area (Å²) in [4.78, 5) is 0. The maximum absolute atomic E-state index is 3.63. The van der Waals surface area contributed by atoms with Gasteiger partial charge in [-0.2, -0.15) is 0 Å². The maximum atomic E-state index is 3.63. The van der Waals surface area contributed by atoms with Crippen LogP contribution in [0.5, 0.6) is 0 Å². The predicted molar refractivity (Wildman–Crippen MR) is 61.9 cm³/mol. The van der Waals surface area contributed by atoms with Crippen LogP contribution in [-0.4, -0.2) is 0 Å². The van der Waals surface area contributed by atoms with E-state index in [9.17, 15) is 0 Å². The van der Waals surface area contributed by atoms with Crippen molar-refractivity contribution in [1.82, 2.24) is 0 Å². The van der Waals surface area contributed by atoms with Crippen LogP contribution in [0, 0.1) is 0 Å². The second-order valence-corrected chi connectivity index (χ2v) is 3.24. The monoisotopic (exact) mass is 180 g/mol. The smallest absolute Gasteiger partial charge is 0.0245 e. The number of hydrogen-bond donors (Lipinski definition) is 0. The molecule has 0 atom stereocenters. The SMILES string of the molecule is C=C/C=C/C=C(C=C1C=C1)C=C1C=C1. The molecule has 0 aromatic heterocycles. The van der Waals surface area contributed by atoms with E-state index in [0.717, 1.165) is 0 Å². The van der Waals surface area contributed by atoms with Gasteiger partial charge in [0.1, 0.15) is 0 Å². The van der Waals surface area contributed by atoms with Gasteiger partial charge in [0.05, 0.1) is 0 Å². The highest BCUT2D eigenvalue weighted by atomic mass is 14.1. The summed E-state index contributed by atoms with van der Waals surface area (Å²) in [5.74, 6) is 0. The van der Waals surface area contributed by atoms with E-state index in [2.05, 4.69) is 49.1 Å². The second-order valence-electron chi connectivity index (χ2n) is 3.24. The zero-order chi connectivity index (χ0) is 9.80. The molecule has 0 saturated heterocycles. The topological polar surface area (TPSA) is 0 Å². The summed E-state index contributed by atoms with van der Waals surface area (Å²) in [7, 11) is 0. The van der Waals surface area contributed by atoms with E-state index < -0.39 is 0 Å². The summed E-state index contributed by atoms with van der Waals surface area (Å²) in [5, 5.41) is 0. The van der Waals surface area contributed by atoms with Gasteiger partial charge in [-0.25, -0.2) is 0 Å². The molecule has 0 spiro atoms. The number of hydrogen-bond acceptors (Lipinski definition) is 0. The third-order valence-electron chi connectivity index (χ3n) is 1.92. The Bertz CT molecular complexity index is 375. The highest BCUT2D eigenvalue weighted by Crippen LogP contribution is 2.21. The van der Waals surface area contributed by atoms with Crippen molar-refractivity contribution in [3.05, 3.63) is 84.1 Å². The molecule has 0 heteroatoms. The molecule has 0 unspecified atom stereocenters. The Morgan fingerprint density at radius 2 is 1.50 bits per heavy atom. The van der Waals surface area contributed by atoms with Gasteiger partial charge in [0, 0.05) is 0 Å². The first-order valence-electron chi connectivity index (χ1n) is 4.67. The van der Waals surface area contributed by atoms with Crippen molar-refractivity contribution in [2.24, 2.45) is 0 Å². The molecular formula is C14H12. The van der Waals surface area contributed by atoms with E-state index >= 15 is 0 Å². The summed E-state index contributed by atoms with van der Waals surface area (Å²) in [6.45, 7) is 3.63. The van der Waals surface area contributed by atoms with Crippen molar-refractivity contribution < 1.29 is 0 Å². The summed E-state index contributed by atoms with van der Waals surface area (Å²) in [6.07, 6.45) is 20.5. The van der Waals surface area contributed by atoms with Gasteiger partial charge >= 0.3 is 0 Å². The van der Waals surface area contributed by atoms with Crippen molar-refractivity contribution in [1.29, 1.82) is 0 Å². The summed E-state index contributed by atoms with van der Waals surface area (Å²) < 4.78 is 0. The first-order valence-corrected chi connectivity index (χ1v) is 4.67. The third-order valence-corrected chi connectivity index (χ3v) is 1.92. The van der Waals surface area contributed by atoms with E-state index in [4.69, 9.17) is 0 Å². The molecule has 0 nitrogen and oxygen atoms in total. The molecule has 0 heterocycles. The fourth-order valence-electron chi connectivity index (χ4n) is 1.06. The lowest BCUT2D eigenvalue weighted by molar-refractivity contribution is 1.65. The number of allylic oxidation sites excluding steroid dienone is 13. The van der Waals surface area contributed by atoms with Crippen LogP contribution < -0.4 is 0 Å². The van der Waals surface area contributed by atoms with Crippen molar-refractivity contribution in [2.75, 3.05) is 0 Å². The highest BCUT2D eigenvalue weighted by molar-refractivity contribution is 5.57. The lowest BCUT2D eigenvalue weighted by Crippen LogP contribution is -1.70. The first kappa shape index (κ1) is 8.76. The van der Waals surface area contributed by atoms with Gasteiger partial charge in [0.15, 0.2) is 0 Å². The summed E-state index contributed by atoms with van der Waals surface area (Å²) in [6, 6.07) is 0. The average molecular weight is 180 g/mol. The van der Waals surface area contributed by atoms with Crippen LogP contribution in [0.2, 0.25) is 0 Å².